The number of likely N-dealkylation sites (tertiary alicyclic amines) is 1. The molecule has 0 aromatic heterocycles. The number of ether oxygens (including phenoxy) is 2. The van der Waals surface area contributed by atoms with Crippen LogP contribution in [-0.4, -0.2) is 67.9 Å². The number of hydrogen-bond donors (Lipinski definition) is 0. The molecule has 0 unspecified atom stereocenters. The first kappa shape index (κ1) is 13.8. The topological polar surface area (TPSA) is 42.0 Å². The van der Waals surface area contributed by atoms with Crippen LogP contribution in [0.3, 0.4) is 0 Å². The van der Waals surface area contributed by atoms with Crippen molar-refractivity contribution in [2.24, 2.45) is 0 Å². The Labute approximate surface area is 109 Å². The molecular formula is C13H24N2O3. The molecule has 0 aliphatic carbocycles. The van der Waals surface area contributed by atoms with Gasteiger partial charge in [-0.15, -0.1) is 0 Å². The molecule has 0 atom stereocenters. The van der Waals surface area contributed by atoms with E-state index in [1.165, 1.54) is 0 Å². The maximum Gasteiger partial charge on any atom is 0.222 e. The number of amides is 1. The summed E-state index contributed by atoms with van der Waals surface area (Å²) in [4.78, 5) is 15.9. The second-order valence-corrected chi connectivity index (χ2v) is 5.08. The second kappa shape index (κ2) is 6.50. The van der Waals surface area contributed by atoms with E-state index in [0.29, 0.717) is 25.7 Å². The van der Waals surface area contributed by atoms with Gasteiger partial charge < -0.3 is 14.4 Å². The van der Waals surface area contributed by atoms with Crippen LogP contribution in [0.25, 0.3) is 0 Å². The van der Waals surface area contributed by atoms with Gasteiger partial charge in [0.05, 0.1) is 13.2 Å². The SMILES string of the molecule is CCC(=O)N1CCC(N(C)CC2OCCO2)CC1. The van der Waals surface area contributed by atoms with E-state index in [-0.39, 0.29) is 12.2 Å². The third-order valence-electron chi connectivity index (χ3n) is 3.87. The van der Waals surface area contributed by atoms with Gasteiger partial charge in [0.2, 0.25) is 5.91 Å². The molecule has 0 N–H and O–H groups in total. The quantitative estimate of drug-likeness (QED) is 0.742. The van der Waals surface area contributed by atoms with Crippen molar-refractivity contribution in [3.05, 3.63) is 0 Å². The summed E-state index contributed by atoms with van der Waals surface area (Å²) < 4.78 is 10.9. The zero-order chi connectivity index (χ0) is 13.0. The number of rotatable bonds is 4. The Kier molecular flexibility index (Phi) is 4.97. The Morgan fingerprint density at radius 2 is 1.89 bits per heavy atom. The summed E-state index contributed by atoms with van der Waals surface area (Å²) in [7, 11) is 2.12. The lowest BCUT2D eigenvalue weighted by molar-refractivity contribution is -0.132. The maximum atomic E-state index is 11.6. The molecule has 0 bridgehead atoms. The van der Waals surface area contributed by atoms with Crippen LogP contribution in [0.5, 0.6) is 0 Å². The second-order valence-electron chi connectivity index (χ2n) is 5.08. The Balaban J connectivity index is 1.73. The minimum Gasteiger partial charge on any atom is -0.349 e. The van der Waals surface area contributed by atoms with E-state index >= 15 is 0 Å². The normalized spacial score (nSPS) is 22.9. The zero-order valence-electron chi connectivity index (χ0n) is 11.4. The van der Waals surface area contributed by atoms with Gasteiger partial charge in [0.15, 0.2) is 6.29 Å². The van der Waals surface area contributed by atoms with Crippen LogP contribution in [0.2, 0.25) is 0 Å². The van der Waals surface area contributed by atoms with Crippen molar-refractivity contribution >= 4 is 5.91 Å². The molecule has 5 heteroatoms. The molecule has 2 saturated heterocycles. The Morgan fingerprint density at radius 3 is 2.44 bits per heavy atom. The summed E-state index contributed by atoms with van der Waals surface area (Å²) in [6.45, 7) is 5.94. The fraction of sp³-hybridized carbons (Fsp3) is 0.923. The van der Waals surface area contributed by atoms with Crippen LogP contribution < -0.4 is 0 Å². The molecule has 0 saturated carbocycles. The van der Waals surface area contributed by atoms with E-state index in [1.54, 1.807) is 0 Å². The highest BCUT2D eigenvalue weighted by Gasteiger charge is 2.27. The highest BCUT2D eigenvalue weighted by Crippen LogP contribution is 2.17. The van der Waals surface area contributed by atoms with Crippen LogP contribution in [0.4, 0.5) is 0 Å². The number of carbonyl (C=O) groups excluding carboxylic acids is 1. The molecule has 2 aliphatic rings. The van der Waals surface area contributed by atoms with Gasteiger partial charge in [-0.25, -0.2) is 0 Å². The van der Waals surface area contributed by atoms with Gasteiger partial charge in [0.25, 0.3) is 0 Å². The summed E-state index contributed by atoms with van der Waals surface area (Å²) in [5.41, 5.74) is 0. The Morgan fingerprint density at radius 1 is 1.28 bits per heavy atom. The lowest BCUT2D eigenvalue weighted by Crippen LogP contribution is -2.47. The van der Waals surface area contributed by atoms with Gasteiger partial charge in [-0.3, -0.25) is 9.69 Å². The van der Waals surface area contributed by atoms with Gasteiger partial charge >= 0.3 is 0 Å². The van der Waals surface area contributed by atoms with E-state index in [4.69, 9.17) is 9.47 Å². The van der Waals surface area contributed by atoms with Crippen molar-refractivity contribution in [2.75, 3.05) is 39.9 Å². The summed E-state index contributed by atoms with van der Waals surface area (Å²) in [6, 6.07) is 0.540. The summed E-state index contributed by atoms with van der Waals surface area (Å²) in [6.07, 6.45) is 2.65. The van der Waals surface area contributed by atoms with Crippen molar-refractivity contribution in [1.82, 2.24) is 9.80 Å². The average molecular weight is 256 g/mol. The largest absolute Gasteiger partial charge is 0.349 e. The fourth-order valence-corrected chi connectivity index (χ4v) is 2.68. The van der Waals surface area contributed by atoms with Crippen molar-refractivity contribution in [2.45, 2.75) is 38.5 Å². The molecule has 2 fully saturated rings. The molecular weight excluding hydrogens is 232 g/mol. The highest BCUT2D eigenvalue weighted by molar-refractivity contribution is 5.75. The highest BCUT2D eigenvalue weighted by atomic mass is 16.7. The van der Waals surface area contributed by atoms with Crippen molar-refractivity contribution < 1.29 is 14.3 Å². The van der Waals surface area contributed by atoms with Crippen molar-refractivity contribution in [3.63, 3.8) is 0 Å². The van der Waals surface area contributed by atoms with Gasteiger partial charge in [0, 0.05) is 32.1 Å². The van der Waals surface area contributed by atoms with Gasteiger partial charge in [-0.05, 0) is 19.9 Å². The molecule has 0 radical (unpaired) electrons. The minimum absolute atomic E-state index is 0.0645. The predicted octanol–water partition coefficient (Wildman–Crippen LogP) is 0.692. The van der Waals surface area contributed by atoms with Crippen LogP contribution in [0.15, 0.2) is 0 Å². The van der Waals surface area contributed by atoms with Gasteiger partial charge in [-0.2, -0.15) is 0 Å². The molecule has 0 aromatic carbocycles. The predicted molar refractivity (Wildman–Crippen MR) is 68.2 cm³/mol. The van der Waals surface area contributed by atoms with Crippen molar-refractivity contribution in [1.29, 1.82) is 0 Å². The smallest absolute Gasteiger partial charge is 0.222 e. The fourth-order valence-electron chi connectivity index (χ4n) is 2.68. The number of carbonyl (C=O) groups is 1. The molecule has 2 aliphatic heterocycles. The number of piperidine rings is 1. The molecule has 1 amide bonds. The Hall–Kier alpha value is -0.650. The zero-order valence-corrected chi connectivity index (χ0v) is 11.4. The molecule has 0 spiro atoms. The first-order valence-electron chi connectivity index (χ1n) is 6.92. The van der Waals surface area contributed by atoms with Crippen LogP contribution in [0, 0.1) is 0 Å². The van der Waals surface area contributed by atoms with Gasteiger partial charge in [-0.1, -0.05) is 6.92 Å². The molecule has 2 rings (SSSR count). The lowest BCUT2D eigenvalue weighted by atomic mass is 10.0. The summed E-state index contributed by atoms with van der Waals surface area (Å²) in [5, 5.41) is 0. The first-order chi connectivity index (χ1) is 8.70. The van der Waals surface area contributed by atoms with Gasteiger partial charge in [0.1, 0.15) is 0 Å². The van der Waals surface area contributed by atoms with E-state index in [9.17, 15) is 4.79 Å². The molecule has 2 heterocycles. The van der Waals surface area contributed by atoms with Crippen LogP contribution >= 0.6 is 0 Å². The maximum absolute atomic E-state index is 11.6. The third kappa shape index (κ3) is 3.43. The number of hydrogen-bond acceptors (Lipinski definition) is 4. The number of likely N-dealkylation sites (N-methyl/N-ethyl adjacent to an activating group) is 1. The Bertz CT molecular complexity index is 271. The van der Waals surface area contributed by atoms with E-state index in [0.717, 1.165) is 32.5 Å². The lowest BCUT2D eigenvalue weighted by Gasteiger charge is -2.37. The molecule has 104 valence electrons. The molecule has 18 heavy (non-hydrogen) atoms. The standard InChI is InChI=1S/C13H24N2O3/c1-3-12(16)15-6-4-11(5-7-15)14(2)10-13-17-8-9-18-13/h11,13H,3-10H2,1-2H3. The molecule has 5 nitrogen and oxygen atoms in total. The molecule has 0 aromatic rings. The number of nitrogens with zero attached hydrogens (tertiary/aromatic N) is 2. The average Bonchev–Trinajstić information content (AvgIpc) is 2.91. The monoisotopic (exact) mass is 256 g/mol. The van der Waals surface area contributed by atoms with Crippen molar-refractivity contribution in [3.8, 4) is 0 Å². The van der Waals surface area contributed by atoms with Crippen LogP contribution in [-0.2, 0) is 14.3 Å². The van der Waals surface area contributed by atoms with Crippen LogP contribution in [0.1, 0.15) is 26.2 Å². The van der Waals surface area contributed by atoms with E-state index in [1.807, 2.05) is 11.8 Å². The van der Waals surface area contributed by atoms with E-state index in [2.05, 4.69) is 11.9 Å². The first-order valence-corrected chi connectivity index (χ1v) is 6.92. The third-order valence-corrected chi connectivity index (χ3v) is 3.87. The van der Waals surface area contributed by atoms with E-state index < -0.39 is 0 Å². The summed E-state index contributed by atoms with van der Waals surface area (Å²) in [5.74, 6) is 0.276. The summed E-state index contributed by atoms with van der Waals surface area (Å²) >= 11 is 0. The minimum atomic E-state index is -0.0645.